The molecular formula is C11H15NO3. The molecule has 4 nitrogen and oxygen atoms in total. The first-order valence-corrected chi connectivity index (χ1v) is 4.75. The molecule has 1 unspecified atom stereocenters. The van der Waals surface area contributed by atoms with E-state index < -0.39 is 11.0 Å². The highest BCUT2D eigenvalue weighted by molar-refractivity contribution is 5.35. The zero-order chi connectivity index (χ0) is 11.6. The first kappa shape index (κ1) is 11.7. The van der Waals surface area contributed by atoms with Crippen LogP contribution in [0.15, 0.2) is 24.3 Å². The van der Waals surface area contributed by atoms with Crippen LogP contribution in [0.1, 0.15) is 32.4 Å². The van der Waals surface area contributed by atoms with Gasteiger partial charge in [-0.2, -0.15) is 0 Å². The lowest BCUT2D eigenvalue weighted by atomic mass is 9.85. The summed E-state index contributed by atoms with van der Waals surface area (Å²) in [6.07, 6.45) is -0.697. The standard InChI is InChI=1S/C11H15NO3/c1-11(2,3)10(13)8-5-4-6-9(7-8)12(14)15/h4-7,10,13H,1-3H3. The van der Waals surface area contributed by atoms with Crippen molar-refractivity contribution in [3.05, 3.63) is 39.9 Å². The fraction of sp³-hybridized carbons (Fsp3) is 0.455. The van der Waals surface area contributed by atoms with E-state index >= 15 is 0 Å². The number of rotatable bonds is 2. The summed E-state index contributed by atoms with van der Waals surface area (Å²) in [5.41, 5.74) is 0.266. The van der Waals surface area contributed by atoms with Crippen molar-refractivity contribution in [3.63, 3.8) is 0 Å². The Balaban J connectivity index is 3.06. The smallest absolute Gasteiger partial charge is 0.269 e. The molecule has 15 heavy (non-hydrogen) atoms. The summed E-state index contributed by atoms with van der Waals surface area (Å²) in [4.78, 5) is 10.1. The molecule has 0 aromatic heterocycles. The van der Waals surface area contributed by atoms with E-state index in [0.717, 1.165) is 0 Å². The largest absolute Gasteiger partial charge is 0.388 e. The molecule has 0 heterocycles. The highest BCUT2D eigenvalue weighted by Gasteiger charge is 2.24. The Morgan fingerprint density at radius 3 is 2.47 bits per heavy atom. The number of hydrogen-bond acceptors (Lipinski definition) is 3. The quantitative estimate of drug-likeness (QED) is 0.601. The van der Waals surface area contributed by atoms with Crippen molar-refractivity contribution < 1.29 is 10.0 Å². The average Bonchev–Trinajstić information content (AvgIpc) is 2.15. The number of nitro groups is 1. The highest BCUT2D eigenvalue weighted by Crippen LogP contribution is 2.33. The van der Waals surface area contributed by atoms with Gasteiger partial charge in [-0.1, -0.05) is 32.9 Å². The Kier molecular flexibility index (Phi) is 3.09. The molecule has 1 rings (SSSR count). The van der Waals surface area contributed by atoms with Gasteiger partial charge in [-0.3, -0.25) is 10.1 Å². The Hall–Kier alpha value is -1.42. The first-order valence-electron chi connectivity index (χ1n) is 4.75. The van der Waals surface area contributed by atoms with Crippen LogP contribution < -0.4 is 0 Å². The topological polar surface area (TPSA) is 63.4 Å². The fourth-order valence-corrected chi connectivity index (χ4v) is 1.31. The van der Waals surface area contributed by atoms with Gasteiger partial charge in [0.2, 0.25) is 0 Å². The third-order valence-electron chi connectivity index (χ3n) is 2.22. The number of aliphatic hydroxyl groups excluding tert-OH is 1. The van der Waals surface area contributed by atoms with Gasteiger partial charge in [-0.15, -0.1) is 0 Å². The summed E-state index contributed by atoms with van der Waals surface area (Å²) in [7, 11) is 0. The molecule has 0 bridgehead atoms. The average molecular weight is 209 g/mol. The van der Waals surface area contributed by atoms with E-state index in [1.54, 1.807) is 12.1 Å². The lowest BCUT2D eigenvalue weighted by Crippen LogP contribution is -2.17. The van der Waals surface area contributed by atoms with Gasteiger partial charge in [-0.25, -0.2) is 0 Å². The molecule has 0 saturated carbocycles. The van der Waals surface area contributed by atoms with Crippen molar-refractivity contribution in [3.8, 4) is 0 Å². The highest BCUT2D eigenvalue weighted by atomic mass is 16.6. The van der Waals surface area contributed by atoms with E-state index in [-0.39, 0.29) is 11.1 Å². The normalized spacial score (nSPS) is 13.6. The third kappa shape index (κ3) is 2.76. The van der Waals surface area contributed by atoms with Crippen LogP contribution in [0.25, 0.3) is 0 Å². The van der Waals surface area contributed by atoms with Crippen molar-refractivity contribution in [1.29, 1.82) is 0 Å². The molecule has 0 saturated heterocycles. The van der Waals surface area contributed by atoms with E-state index in [1.165, 1.54) is 12.1 Å². The van der Waals surface area contributed by atoms with Gasteiger partial charge in [0.1, 0.15) is 0 Å². The second kappa shape index (κ2) is 3.98. The van der Waals surface area contributed by atoms with Crippen LogP contribution in [0.5, 0.6) is 0 Å². The van der Waals surface area contributed by atoms with Gasteiger partial charge >= 0.3 is 0 Å². The number of non-ortho nitro benzene ring substituents is 1. The third-order valence-corrected chi connectivity index (χ3v) is 2.22. The molecule has 0 fully saturated rings. The summed E-state index contributed by atoms with van der Waals surface area (Å²) in [6.45, 7) is 5.66. The zero-order valence-electron chi connectivity index (χ0n) is 9.10. The number of nitro benzene ring substituents is 1. The molecule has 1 N–H and O–H groups in total. The summed E-state index contributed by atoms with van der Waals surface area (Å²) in [5, 5.41) is 20.5. The maximum absolute atomic E-state index is 10.5. The molecule has 1 aromatic carbocycles. The van der Waals surface area contributed by atoms with Crippen LogP contribution >= 0.6 is 0 Å². The monoisotopic (exact) mass is 209 g/mol. The molecule has 0 spiro atoms. The lowest BCUT2D eigenvalue weighted by molar-refractivity contribution is -0.385. The van der Waals surface area contributed by atoms with E-state index in [4.69, 9.17) is 0 Å². The van der Waals surface area contributed by atoms with Crippen molar-refractivity contribution in [2.24, 2.45) is 5.41 Å². The second-order valence-corrected chi connectivity index (χ2v) is 4.62. The predicted molar refractivity (Wildman–Crippen MR) is 57.5 cm³/mol. The summed E-state index contributed by atoms with van der Waals surface area (Å²) in [6, 6.07) is 6.11. The maximum atomic E-state index is 10.5. The second-order valence-electron chi connectivity index (χ2n) is 4.62. The molecular weight excluding hydrogens is 194 g/mol. The molecule has 82 valence electrons. The molecule has 1 aromatic rings. The summed E-state index contributed by atoms with van der Waals surface area (Å²) >= 11 is 0. The number of benzene rings is 1. The van der Waals surface area contributed by atoms with Crippen LogP contribution in [-0.4, -0.2) is 10.0 Å². The summed E-state index contributed by atoms with van der Waals surface area (Å²) in [5.74, 6) is 0. The van der Waals surface area contributed by atoms with Gasteiger partial charge in [0.15, 0.2) is 0 Å². The molecule has 0 aliphatic carbocycles. The molecule has 0 aliphatic rings. The SMILES string of the molecule is CC(C)(C)C(O)c1cccc([N+](=O)[O-])c1. The number of aliphatic hydroxyl groups is 1. The minimum absolute atomic E-state index is 0.0100. The Bertz CT molecular complexity index is 368. The Labute approximate surface area is 88.7 Å². The van der Waals surface area contributed by atoms with Crippen LogP contribution in [0, 0.1) is 15.5 Å². The summed E-state index contributed by atoms with van der Waals surface area (Å²) < 4.78 is 0. The van der Waals surface area contributed by atoms with Gasteiger partial charge in [0.05, 0.1) is 11.0 Å². The van der Waals surface area contributed by atoms with Gasteiger partial charge in [0.25, 0.3) is 5.69 Å². The Morgan fingerprint density at radius 2 is 2.00 bits per heavy atom. The van der Waals surface area contributed by atoms with Crippen LogP contribution in [0.2, 0.25) is 0 Å². The van der Waals surface area contributed by atoms with Crippen molar-refractivity contribution in [2.45, 2.75) is 26.9 Å². The van der Waals surface area contributed by atoms with Gasteiger partial charge in [-0.05, 0) is 11.0 Å². The van der Waals surface area contributed by atoms with Crippen molar-refractivity contribution in [2.75, 3.05) is 0 Å². The minimum atomic E-state index is -0.697. The van der Waals surface area contributed by atoms with E-state index in [2.05, 4.69) is 0 Å². The predicted octanol–water partition coefficient (Wildman–Crippen LogP) is 2.67. The minimum Gasteiger partial charge on any atom is -0.388 e. The van der Waals surface area contributed by atoms with E-state index in [9.17, 15) is 15.2 Å². The molecule has 0 radical (unpaired) electrons. The van der Waals surface area contributed by atoms with Crippen molar-refractivity contribution in [1.82, 2.24) is 0 Å². The molecule has 4 heteroatoms. The maximum Gasteiger partial charge on any atom is 0.269 e. The zero-order valence-corrected chi connectivity index (χ0v) is 9.10. The van der Waals surface area contributed by atoms with Crippen LogP contribution in [0.4, 0.5) is 5.69 Å². The first-order chi connectivity index (χ1) is 6.82. The molecule has 0 aliphatic heterocycles. The van der Waals surface area contributed by atoms with E-state index in [1.807, 2.05) is 20.8 Å². The molecule has 1 atom stereocenters. The number of hydrogen-bond donors (Lipinski definition) is 1. The van der Waals surface area contributed by atoms with Crippen LogP contribution in [0.3, 0.4) is 0 Å². The molecule has 0 amide bonds. The lowest BCUT2D eigenvalue weighted by Gasteiger charge is -2.25. The van der Waals surface area contributed by atoms with Gasteiger partial charge < -0.3 is 5.11 Å². The van der Waals surface area contributed by atoms with Crippen LogP contribution in [-0.2, 0) is 0 Å². The Morgan fingerprint density at radius 1 is 1.40 bits per heavy atom. The van der Waals surface area contributed by atoms with Crippen molar-refractivity contribution >= 4 is 5.69 Å². The fourth-order valence-electron chi connectivity index (χ4n) is 1.31. The van der Waals surface area contributed by atoms with Gasteiger partial charge in [0, 0.05) is 12.1 Å². The number of nitrogens with zero attached hydrogens (tertiary/aromatic N) is 1. The van der Waals surface area contributed by atoms with E-state index in [0.29, 0.717) is 5.56 Å².